The van der Waals surface area contributed by atoms with Crippen molar-refractivity contribution in [3.63, 3.8) is 0 Å². The number of nitrogens with one attached hydrogen (secondary N) is 1. The molecule has 1 aromatic rings. The number of ether oxygens (including phenoxy) is 2. The number of rotatable bonds is 6. The van der Waals surface area contributed by atoms with E-state index in [1.165, 1.54) is 37.7 Å². The Hall–Kier alpha value is -0.740. The predicted molar refractivity (Wildman–Crippen MR) is 99.5 cm³/mol. The van der Waals surface area contributed by atoms with Crippen LogP contribution >= 0.6 is 15.9 Å². The van der Waals surface area contributed by atoms with E-state index in [0.29, 0.717) is 12.6 Å². The molecule has 0 aliphatic heterocycles. The summed E-state index contributed by atoms with van der Waals surface area (Å²) >= 11 is 3.71. The van der Waals surface area contributed by atoms with Crippen LogP contribution in [0.5, 0.6) is 11.5 Å². The zero-order chi connectivity index (χ0) is 16.7. The molecule has 4 aliphatic rings. The monoisotopic (exact) mass is 393 g/mol. The van der Waals surface area contributed by atoms with Gasteiger partial charge in [0.05, 0.1) is 13.7 Å². The molecule has 0 radical (unpaired) electrons. The van der Waals surface area contributed by atoms with Crippen LogP contribution in [-0.2, 0) is 6.54 Å². The third kappa shape index (κ3) is 2.96. The van der Waals surface area contributed by atoms with Crippen molar-refractivity contribution in [1.82, 2.24) is 5.32 Å². The molecule has 0 amide bonds. The van der Waals surface area contributed by atoms with Gasteiger partial charge in [0, 0.05) is 22.6 Å². The summed E-state index contributed by atoms with van der Waals surface area (Å²) in [6.45, 7) is 3.52. The Bertz CT molecular complexity index is 576. The van der Waals surface area contributed by atoms with Gasteiger partial charge in [-0.05, 0) is 74.8 Å². The van der Waals surface area contributed by atoms with Crippen LogP contribution in [0.4, 0.5) is 0 Å². The maximum Gasteiger partial charge on any atom is 0.166 e. The molecule has 24 heavy (non-hydrogen) atoms. The maximum atomic E-state index is 5.90. The molecule has 4 saturated carbocycles. The molecule has 5 rings (SSSR count). The molecule has 3 nitrogen and oxygen atoms in total. The van der Waals surface area contributed by atoms with Crippen molar-refractivity contribution < 1.29 is 9.47 Å². The number of hydrogen-bond acceptors (Lipinski definition) is 3. The Labute approximate surface area is 153 Å². The minimum absolute atomic E-state index is 0.651. The van der Waals surface area contributed by atoms with E-state index < -0.39 is 0 Å². The van der Waals surface area contributed by atoms with Gasteiger partial charge in [0.25, 0.3) is 0 Å². The van der Waals surface area contributed by atoms with E-state index in [9.17, 15) is 0 Å². The standard InChI is InChI=1S/C20H28BrNO2/c1-3-24-20-16(17(21)4-5-18(20)23-2)11-22-19-14-7-12-6-13(9-14)10-15(19)8-12/h4-5,12-15,19,22H,3,6-11H2,1-2H3. The first kappa shape index (κ1) is 16.7. The molecule has 0 unspecified atom stereocenters. The van der Waals surface area contributed by atoms with Crippen LogP contribution in [0.2, 0.25) is 0 Å². The molecule has 4 aliphatic carbocycles. The zero-order valence-electron chi connectivity index (χ0n) is 14.7. The molecular weight excluding hydrogens is 366 g/mol. The summed E-state index contributed by atoms with van der Waals surface area (Å²) in [5.74, 6) is 5.52. The Morgan fingerprint density at radius 1 is 1.08 bits per heavy atom. The average molecular weight is 394 g/mol. The van der Waals surface area contributed by atoms with Gasteiger partial charge in [-0.15, -0.1) is 0 Å². The van der Waals surface area contributed by atoms with Gasteiger partial charge in [-0.25, -0.2) is 0 Å². The van der Waals surface area contributed by atoms with Crippen LogP contribution in [0, 0.1) is 23.7 Å². The van der Waals surface area contributed by atoms with Gasteiger partial charge in [-0.3, -0.25) is 0 Å². The SMILES string of the molecule is CCOc1c(OC)ccc(Br)c1CNC1C2CC3CC(C2)CC1C3. The van der Waals surface area contributed by atoms with Crippen molar-refractivity contribution in [3.8, 4) is 11.5 Å². The average Bonchev–Trinajstić information content (AvgIpc) is 2.56. The molecular formula is C20H28BrNO2. The topological polar surface area (TPSA) is 30.5 Å². The number of halogens is 1. The molecule has 0 aromatic heterocycles. The van der Waals surface area contributed by atoms with Crippen molar-refractivity contribution in [3.05, 3.63) is 22.2 Å². The molecule has 132 valence electrons. The molecule has 0 heterocycles. The minimum Gasteiger partial charge on any atom is -0.493 e. The van der Waals surface area contributed by atoms with Crippen LogP contribution in [0.3, 0.4) is 0 Å². The molecule has 4 heteroatoms. The fraction of sp³-hybridized carbons (Fsp3) is 0.700. The van der Waals surface area contributed by atoms with E-state index in [0.717, 1.165) is 46.2 Å². The molecule has 1 N–H and O–H groups in total. The van der Waals surface area contributed by atoms with Gasteiger partial charge < -0.3 is 14.8 Å². The third-order valence-corrected chi connectivity index (χ3v) is 7.16. The number of hydrogen-bond donors (Lipinski definition) is 1. The van der Waals surface area contributed by atoms with Crippen LogP contribution in [0.1, 0.15) is 44.6 Å². The summed E-state index contributed by atoms with van der Waals surface area (Å²) in [4.78, 5) is 0. The second-order valence-corrected chi connectivity index (χ2v) is 8.68. The first-order chi connectivity index (χ1) is 11.7. The van der Waals surface area contributed by atoms with E-state index >= 15 is 0 Å². The smallest absolute Gasteiger partial charge is 0.166 e. The Balaban J connectivity index is 1.51. The molecule has 4 fully saturated rings. The van der Waals surface area contributed by atoms with E-state index in [2.05, 4.69) is 27.3 Å². The van der Waals surface area contributed by atoms with Crippen molar-refractivity contribution in [2.45, 2.75) is 51.6 Å². The summed E-state index contributed by atoms with van der Waals surface area (Å²) in [6, 6.07) is 4.72. The normalized spacial score (nSPS) is 33.7. The first-order valence-corrected chi connectivity index (χ1v) is 10.2. The molecule has 0 spiro atoms. The van der Waals surface area contributed by atoms with Crippen molar-refractivity contribution in [1.29, 1.82) is 0 Å². The fourth-order valence-electron chi connectivity index (χ4n) is 5.69. The second-order valence-electron chi connectivity index (χ2n) is 7.83. The number of benzene rings is 1. The van der Waals surface area contributed by atoms with Crippen molar-refractivity contribution in [2.75, 3.05) is 13.7 Å². The first-order valence-electron chi connectivity index (χ1n) is 9.41. The summed E-state index contributed by atoms with van der Waals surface area (Å²) in [5, 5.41) is 3.91. The third-order valence-electron chi connectivity index (χ3n) is 6.42. The lowest BCUT2D eigenvalue weighted by Crippen LogP contribution is -2.54. The van der Waals surface area contributed by atoms with Gasteiger partial charge in [-0.2, -0.15) is 0 Å². The van der Waals surface area contributed by atoms with Gasteiger partial charge in [0.2, 0.25) is 0 Å². The van der Waals surface area contributed by atoms with Gasteiger partial charge in [0.15, 0.2) is 11.5 Å². The van der Waals surface area contributed by atoms with Gasteiger partial charge >= 0.3 is 0 Å². The zero-order valence-corrected chi connectivity index (χ0v) is 16.3. The fourth-order valence-corrected chi connectivity index (χ4v) is 6.14. The van der Waals surface area contributed by atoms with E-state index in [-0.39, 0.29) is 0 Å². The lowest BCUT2D eigenvalue weighted by atomic mass is 9.54. The van der Waals surface area contributed by atoms with E-state index in [4.69, 9.17) is 9.47 Å². The summed E-state index contributed by atoms with van der Waals surface area (Å²) in [6.07, 6.45) is 7.30. The molecule has 1 aromatic carbocycles. The summed E-state index contributed by atoms with van der Waals surface area (Å²) < 4.78 is 12.5. The Kier molecular flexibility index (Phi) is 4.79. The Morgan fingerprint density at radius 3 is 2.33 bits per heavy atom. The van der Waals surface area contributed by atoms with Crippen molar-refractivity contribution in [2.24, 2.45) is 23.7 Å². The van der Waals surface area contributed by atoms with Crippen LogP contribution in [0.25, 0.3) is 0 Å². The van der Waals surface area contributed by atoms with Crippen LogP contribution in [-0.4, -0.2) is 19.8 Å². The highest BCUT2D eigenvalue weighted by molar-refractivity contribution is 9.10. The lowest BCUT2D eigenvalue weighted by Gasteiger charge is -2.54. The van der Waals surface area contributed by atoms with Crippen LogP contribution < -0.4 is 14.8 Å². The quantitative estimate of drug-likeness (QED) is 0.754. The minimum atomic E-state index is 0.651. The largest absolute Gasteiger partial charge is 0.493 e. The van der Waals surface area contributed by atoms with Crippen molar-refractivity contribution >= 4 is 15.9 Å². The maximum absolute atomic E-state index is 5.90. The number of methoxy groups -OCH3 is 1. The van der Waals surface area contributed by atoms with Gasteiger partial charge in [0.1, 0.15) is 0 Å². The molecule has 0 saturated heterocycles. The summed E-state index contributed by atoms with van der Waals surface area (Å²) in [5.41, 5.74) is 1.19. The molecule has 4 bridgehead atoms. The summed E-state index contributed by atoms with van der Waals surface area (Å²) in [7, 11) is 1.71. The lowest BCUT2D eigenvalue weighted by molar-refractivity contribution is -0.0143. The van der Waals surface area contributed by atoms with Crippen LogP contribution in [0.15, 0.2) is 16.6 Å². The van der Waals surface area contributed by atoms with E-state index in [1.807, 2.05) is 13.0 Å². The Morgan fingerprint density at radius 2 is 1.75 bits per heavy atom. The predicted octanol–water partition coefficient (Wildman–Crippen LogP) is 4.77. The highest BCUT2D eigenvalue weighted by atomic mass is 79.9. The molecule has 0 atom stereocenters. The highest BCUT2D eigenvalue weighted by Gasteiger charge is 2.47. The highest BCUT2D eigenvalue weighted by Crippen LogP contribution is 2.53. The van der Waals surface area contributed by atoms with Gasteiger partial charge in [-0.1, -0.05) is 15.9 Å². The second kappa shape index (κ2) is 6.87. The van der Waals surface area contributed by atoms with E-state index in [1.54, 1.807) is 7.11 Å².